The number of aromatic nitrogens is 2. The Kier molecular flexibility index (Phi) is 4.73. The normalized spacial score (nSPS) is 16.9. The Bertz CT molecular complexity index is 635. The summed E-state index contributed by atoms with van der Waals surface area (Å²) in [4.78, 5) is 0. The van der Waals surface area contributed by atoms with E-state index in [2.05, 4.69) is 40.0 Å². The van der Waals surface area contributed by atoms with Crippen LogP contribution in [-0.2, 0) is 19.9 Å². The first-order valence-corrected chi connectivity index (χ1v) is 8.24. The molecule has 4 nitrogen and oxygen atoms in total. The second-order valence-corrected chi connectivity index (χ2v) is 6.16. The minimum Gasteiger partial charge on any atom is -0.362 e. The van der Waals surface area contributed by atoms with Crippen LogP contribution in [0, 0.1) is 0 Å². The maximum absolute atomic E-state index is 5.44. The van der Waals surface area contributed by atoms with Gasteiger partial charge < -0.3 is 10.6 Å². The van der Waals surface area contributed by atoms with Gasteiger partial charge in [0.15, 0.2) is 5.11 Å². The van der Waals surface area contributed by atoms with Crippen LogP contribution in [0.4, 0.5) is 0 Å². The summed E-state index contributed by atoms with van der Waals surface area (Å²) >= 11 is 5.44. The van der Waals surface area contributed by atoms with Crippen LogP contribution in [0.5, 0.6) is 0 Å². The van der Waals surface area contributed by atoms with Crippen molar-refractivity contribution in [2.75, 3.05) is 6.54 Å². The lowest BCUT2D eigenvalue weighted by Gasteiger charge is -2.25. The van der Waals surface area contributed by atoms with Crippen molar-refractivity contribution in [3.63, 3.8) is 0 Å². The van der Waals surface area contributed by atoms with Crippen molar-refractivity contribution >= 4 is 17.3 Å². The summed E-state index contributed by atoms with van der Waals surface area (Å²) in [7, 11) is 2.01. The van der Waals surface area contributed by atoms with Crippen LogP contribution in [-0.4, -0.2) is 21.4 Å². The van der Waals surface area contributed by atoms with Crippen molar-refractivity contribution in [1.29, 1.82) is 0 Å². The second-order valence-electron chi connectivity index (χ2n) is 5.75. The molecule has 2 aromatic rings. The number of thiocarbonyl (C=S) groups is 1. The molecule has 116 valence electrons. The Morgan fingerprint density at radius 3 is 3.00 bits per heavy atom. The summed E-state index contributed by atoms with van der Waals surface area (Å²) in [6, 6.07) is 10.7. The molecule has 3 rings (SSSR count). The molecular weight excluding hydrogens is 292 g/mol. The van der Waals surface area contributed by atoms with E-state index in [1.165, 1.54) is 23.2 Å². The molecule has 2 N–H and O–H groups in total. The van der Waals surface area contributed by atoms with Gasteiger partial charge in [-0.15, -0.1) is 0 Å². The van der Waals surface area contributed by atoms with E-state index < -0.39 is 0 Å². The molecule has 22 heavy (non-hydrogen) atoms. The van der Waals surface area contributed by atoms with Crippen molar-refractivity contribution in [2.45, 2.75) is 31.7 Å². The number of hydrogen-bond acceptors (Lipinski definition) is 2. The average molecular weight is 314 g/mol. The summed E-state index contributed by atoms with van der Waals surface area (Å²) in [6.07, 6.45) is 6.35. The molecule has 1 aromatic carbocycles. The van der Waals surface area contributed by atoms with Gasteiger partial charge in [0.25, 0.3) is 0 Å². The second kappa shape index (κ2) is 6.92. The van der Waals surface area contributed by atoms with Crippen LogP contribution in [0.15, 0.2) is 36.5 Å². The van der Waals surface area contributed by atoms with E-state index in [9.17, 15) is 0 Å². The fourth-order valence-corrected chi connectivity index (χ4v) is 3.27. The number of hydrogen-bond donors (Lipinski definition) is 2. The Morgan fingerprint density at radius 2 is 2.18 bits per heavy atom. The molecule has 0 bridgehead atoms. The van der Waals surface area contributed by atoms with Gasteiger partial charge in [0, 0.05) is 24.8 Å². The van der Waals surface area contributed by atoms with Crippen LogP contribution in [0.2, 0.25) is 0 Å². The quantitative estimate of drug-likeness (QED) is 0.851. The maximum Gasteiger partial charge on any atom is 0.166 e. The van der Waals surface area contributed by atoms with Gasteiger partial charge >= 0.3 is 0 Å². The molecule has 0 saturated heterocycles. The molecule has 1 aromatic heterocycles. The highest BCUT2D eigenvalue weighted by Gasteiger charge is 2.23. The maximum atomic E-state index is 5.44. The van der Waals surface area contributed by atoms with Gasteiger partial charge in [-0.1, -0.05) is 30.3 Å². The molecule has 1 atom stereocenters. The third kappa shape index (κ3) is 3.47. The number of benzene rings is 1. The van der Waals surface area contributed by atoms with Gasteiger partial charge in [-0.05, 0) is 43.5 Å². The van der Waals surface area contributed by atoms with Crippen molar-refractivity contribution in [3.8, 4) is 0 Å². The molecule has 1 aliphatic carbocycles. The average Bonchev–Trinajstić information content (AvgIpc) is 2.91. The van der Waals surface area contributed by atoms with Gasteiger partial charge in [0.05, 0.1) is 12.2 Å². The number of rotatable bonds is 4. The van der Waals surface area contributed by atoms with E-state index in [1.54, 1.807) is 0 Å². The smallest absolute Gasteiger partial charge is 0.166 e. The summed E-state index contributed by atoms with van der Waals surface area (Å²) in [5.74, 6) is 0. The molecule has 0 unspecified atom stereocenters. The number of aryl methyl sites for hydroxylation is 1. The van der Waals surface area contributed by atoms with Gasteiger partial charge in [0.1, 0.15) is 0 Å². The molecule has 5 heteroatoms. The largest absolute Gasteiger partial charge is 0.362 e. The lowest BCUT2D eigenvalue weighted by molar-refractivity contribution is 0.509. The topological polar surface area (TPSA) is 41.9 Å². The monoisotopic (exact) mass is 314 g/mol. The Labute approximate surface area is 136 Å². The predicted molar refractivity (Wildman–Crippen MR) is 92.8 cm³/mol. The third-order valence-electron chi connectivity index (χ3n) is 4.22. The molecule has 0 amide bonds. The molecule has 0 radical (unpaired) electrons. The highest BCUT2D eigenvalue weighted by molar-refractivity contribution is 7.80. The molecule has 1 heterocycles. The third-order valence-corrected chi connectivity index (χ3v) is 4.49. The van der Waals surface area contributed by atoms with E-state index in [4.69, 9.17) is 12.2 Å². The predicted octanol–water partition coefficient (Wildman–Crippen LogP) is 2.50. The summed E-state index contributed by atoms with van der Waals surface area (Å²) in [6.45, 7) is 0.850. The fourth-order valence-electron chi connectivity index (χ4n) is 3.03. The van der Waals surface area contributed by atoms with Crippen LogP contribution in [0.1, 0.15) is 35.7 Å². The highest BCUT2D eigenvalue weighted by Crippen LogP contribution is 2.28. The zero-order chi connectivity index (χ0) is 15.4. The lowest BCUT2D eigenvalue weighted by atomic mass is 9.93. The van der Waals surface area contributed by atoms with Crippen molar-refractivity contribution in [2.24, 2.45) is 7.05 Å². The van der Waals surface area contributed by atoms with Gasteiger partial charge in [-0.25, -0.2) is 0 Å². The molecule has 0 fully saturated rings. The standard InChI is InChI=1S/C17H22N4S/c1-21-16-9-5-8-15(14(16)12-19-21)20-17(22)18-11-10-13-6-3-2-4-7-13/h2-4,6-7,12,15H,5,8-11H2,1H3,(H2,18,20,22)/t15-/m0/s1. The summed E-state index contributed by atoms with van der Waals surface area (Å²) in [5, 5.41) is 11.9. The lowest BCUT2D eigenvalue weighted by Crippen LogP contribution is -2.39. The zero-order valence-corrected chi connectivity index (χ0v) is 13.7. The van der Waals surface area contributed by atoms with Crippen molar-refractivity contribution in [1.82, 2.24) is 20.4 Å². The van der Waals surface area contributed by atoms with E-state index in [1.807, 2.05) is 24.0 Å². The van der Waals surface area contributed by atoms with Crippen LogP contribution in [0.25, 0.3) is 0 Å². The molecule has 0 saturated carbocycles. The molecular formula is C17H22N4S. The number of nitrogens with one attached hydrogen (secondary N) is 2. The summed E-state index contributed by atoms with van der Waals surface area (Å²) < 4.78 is 1.98. The van der Waals surface area contributed by atoms with E-state index in [-0.39, 0.29) is 6.04 Å². The van der Waals surface area contributed by atoms with Crippen LogP contribution < -0.4 is 10.6 Å². The SMILES string of the molecule is Cn1ncc2c1CCC[C@@H]2NC(=S)NCCc1ccccc1. The fraction of sp³-hybridized carbons (Fsp3) is 0.412. The zero-order valence-electron chi connectivity index (χ0n) is 12.9. The first-order chi connectivity index (χ1) is 10.7. The van der Waals surface area contributed by atoms with Gasteiger partial charge in [-0.3, -0.25) is 4.68 Å². The highest BCUT2D eigenvalue weighted by atomic mass is 32.1. The number of nitrogens with zero attached hydrogens (tertiary/aromatic N) is 2. The first-order valence-electron chi connectivity index (χ1n) is 7.83. The molecule has 0 aliphatic heterocycles. The minimum atomic E-state index is 0.286. The Hall–Kier alpha value is -1.88. The van der Waals surface area contributed by atoms with Crippen LogP contribution in [0.3, 0.4) is 0 Å². The summed E-state index contributed by atoms with van der Waals surface area (Å²) in [5.41, 5.74) is 3.95. The van der Waals surface area contributed by atoms with E-state index >= 15 is 0 Å². The van der Waals surface area contributed by atoms with Gasteiger partial charge in [-0.2, -0.15) is 5.10 Å². The Balaban J connectivity index is 1.50. The first kappa shape index (κ1) is 15.0. The Morgan fingerprint density at radius 1 is 1.36 bits per heavy atom. The van der Waals surface area contributed by atoms with E-state index in [0.717, 1.165) is 30.9 Å². The van der Waals surface area contributed by atoms with Crippen molar-refractivity contribution in [3.05, 3.63) is 53.3 Å². The molecule has 0 spiro atoms. The molecule has 1 aliphatic rings. The van der Waals surface area contributed by atoms with Crippen molar-refractivity contribution < 1.29 is 0 Å². The minimum absolute atomic E-state index is 0.286. The number of fused-ring (bicyclic) bond motifs is 1. The van der Waals surface area contributed by atoms with Crippen LogP contribution >= 0.6 is 12.2 Å². The van der Waals surface area contributed by atoms with E-state index in [0.29, 0.717) is 0 Å². The van der Waals surface area contributed by atoms with Gasteiger partial charge in [0.2, 0.25) is 0 Å².